The highest BCUT2D eigenvalue weighted by Gasteiger charge is 2.37. The van der Waals surface area contributed by atoms with Gasteiger partial charge >= 0.3 is 0 Å². The molecule has 2 aliphatic rings. The quantitative estimate of drug-likeness (QED) is 0.625. The third-order valence-electron chi connectivity index (χ3n) is 5.70. The first-order chi connectivity index (χ1) is 15.0. The van der Waals surface area contributed by atoms with E-state index in [1.165, 1.54) is 0 Å². The molecular formula is C22H20ClN5O3. The van der Waals surface area contributed by atoms with Crippen molar-refractivity contribution in [3.63, 3.8) is 0 Å². The third kappa shape index (κ3) is 3.42. The summed E-state index contributed by atoms with van der Waals surface area (Å²) in [4.78, 5) is 30.1. The molecule has 158 valence electrons. The summed E-state index contributed by atoms with van der Waals surface area (Å²) in [7, 11) is 1.63. The van der Waals surface area contributed by atoms with E-state index in [4.69, 9.17) is 16.3 Å². The van der Waals surface area contributed by atoms with E-state index in [0.29, 0.717) is 17.4 Å². The number of ether oxygens (including phenoxy) is 1. The van der Waals surface area contributed by atoms with Crippen molar-refractivity contribution in [1.29, 1.82) is 0 Å². The van der Waals surface area contributed by atoms with Crippen LogP contribution in [-0.4, -0.2) is 33.7 Å². The van der Waals surface area contributed by atoms with Crippen LogP contribution in [-0.2, 0) is 9.59 Å². The fraction of sp³-hybridized carbons (Fsp3) is 0.273. The maximum atomic E-state index is 12.2. The minimum absolute atomic E-state index is 0.0679. The number of aromatic nitrogens is 3. The van der Waals surface area contributed by atoms with Gasteiger partial charge in [-0.2, -0.15) is 4.98 Å². The van der Waals surface area contributed by atoms with Crippen molar-refractivity contribution in [2.24, 2.45) is 0 Å². The first-order valence-electron chi connectivity index (χ1n) is 10.0. The molecule has 1 aromatic heterocycles. The van der Waals surface area contributed by atoms with Crippen LogP contribution in [0.5, 0.6) is 5.75 Å². The predicted octanol–water partition coefficient (Wildman–Crippen LogP) is 3.74. The van der Waals surface area contributed by atoms with Crippen molar-refractivity contribution in [3.8, 4) is 5.75 Å². The number of rotatable bonds is 4. The fourth-order valence-electron chi connectivity index (χ4n) is 4.17. The summed E-state index contributed by atoms with van der Waals surface area (Å²) in [6, 6.07) is 15.1. The van der Waals surface area contributed by atoms with E-state index in [1.54, 1.807) is 11.8 Å². The summed E-state index contributed by atoms with van der Waals surface area (Å²) in [5, 5.41) is 8.62. The molecule has 2 amide bonds. The molecule has 5 rings (SSSR count). The number of hydrogen-bond donors (Lipinski definition) is 1. The lowest BCUT2D eigenvalue weighted by Crippen LogP contribution is -2.30. The number of carbonyl (C=O) groups is 2. The first kappa shape index (κ1) is 19.6. The minimum Gasteiger partial charge on any atom is -0.496 e. The second kappa shape index (κ2) is 7.70. The zero-order valence-corrected chi connectivity index (χ0v) is 17.5. The fourth-order valence-corrected chi connectivity index (χ4v) is 4.30. The van der Waals surface area contributed by atoms with Crippen LogP contribution in [0.15, 0.2) is 48.5 Å². The van der Waals surface area contributed by atoms with Crippen LogP contribution in [0.25, 0.3) is 0 Å². The van der Waals surface area contributed by atoms with Gasteiger partial charge in [0.1, 0.15) is 5.75 Å². The van der Waals surface area contributed by atoms with E-state index in [-0.39, 0.29) is 42.7 Å². The van der Waals surface area contributed by atoms with Crippen molar-refractivity contribution in [2.45, 2.75) is 31.3 Å². The highest BCUT2D eigenvalue weighted by molar-refractivity contribution is 6.30. The third-order valence-corrected chi connectivity index (χ3v) is 5.95. The van der Waals surface area contributed by atoms with Gasteiger partial charge < -0.3 is 10.1 Å². The van der Waals surface area contributed by atoms with E-state index in [1.807, 2.05) is 48.5 Å². The molecule has 9 heteroatoms. The van der Waals surface area contributed by atoms with Gasteiger partial charge in [0.15, 0.2) is 0 Å². The van der Waals surface area contributed by atoms with Gasteiger partial charge in [-0.05, 0) is 30.2 Å². The van der Waals surface area contributed by atoms with Crippen molar-refractivity contribution < 1.29 is 14.3 Å². The smallest absolute Gasteiger partial charge is 0.260 e. The Morgan fingerprint density at radius 2 is 1.77 bits per heavy atom. The minimum atomic E-state index is -0.281. The number of methoxy groups -OCH3 is 1. The summed E-state index contributed by atoms with van der Waals surface area (Å²) in [5.74, 6) is 0.768. The number of amides is 2. The molecule has 2 unspecified atom stereocenters. The lowest BCUT2D eigenvalue weighted by molar-refractivity contribution is -0.121. The van der Waals surface area contributed by atoms with Gasteiger partial charge in [0.25, 0.3) is 5.95 Å². The second-order valence-electron chi connectivity index (χ2n) is 7.54. The Hall–Kier alpha value is -3.39. The number of nitrogens with one attached hydrogen (secondary N) is 1. The van der Waals surface area contributed by atoms with Gasteiger partial charge in [-0.1, -0.05) is 41.9 Å². The first-order valence-corrected chi connectivity index (χ1v) is 10.4. The number of halogens is 1. The molecule has 8 nitrogen and oxygen atoms in total. The molecule has 0 saturated carbocycles. The number of hydrogen-bond acceptors (Lipinski definition) is 6. The molecule has 3 aromatic rings. The molecular weight excluding hydrogens is 418 g/mol. The molecule has 0 radical (unpaired) electrons. The number of nitrogens with zero attached hydrogens (tertiary/aromatic N) is 4. The maximum Gasteiger partial charge on any atom is 0.260 e. The van der Waals surface area contributed by atoms with Gasteiger partial charge in [-0.25, -0.2) is 9.58 Å². The van der Waals surface area contributed by atoms with Gasteiger partial charge in [0.05, 0.1) is 19.2 Å². The molecule has 0 spiro atoms. The molecule has 2 aromatic carbocycles. The Morgan fingerprint density at radius 1 is 1.06 bits per heavy atom. The van der Waals surface area contributed by atoms with Gasteiger partial charge in [0, 0.05) is 23.4 Å². The molecule has 31 heavy (non-hydrogen) atoms. The van der Waals surface area contributed by atoms with Gasteiger partial charge in [-0.3, -0.25) is 9.59 Å². The van der Waals surface area contributed by atoms with Crippen molar-refractivity contribution in [2.75, 3.05) is 17.3 Å². The van der Waals surface area contributed by atoms with E-state index in [2.05, 4.69) is 15.4 Å². The zero-order chi connectivity index (χ0) is 21.5. The van der Waals surface area contributed by atoms with Crippen LogP contribution >= 0.6 is 11.6 Å². The summed E-state index contributed by atoms with van der Waals surface area (Å²) in [6.07, 6.45) is 1.03. The molecule has 1 fully saturated rings. The highest BCUT2D eigenvalue weighted by Crippen LogP contribution is 2.41. The van der Waals surface area contributed by atoms with Crippen LogP contribution < -0.4 is 15.0 Å². The van der Waals surface area contributed by atoms with E-state index >= 15 is 0 Å². The predicted molar refractivity (Wildman–Crippen MR) is 115 cm³/mol. The second-order valence-corrected chi connectivity index (χ2v) is 7.98. The molecule has 2 atom stereocenters. The lowest BCUT2D eigenvalue weighted by Gasteiger charge is -2.32. The van der Waals surface area contributed by atoms with Crippen LogP contribution in [0, 0.1) is 0 Å². The standard InChI is InChI=1S/C22H20ClN5O3/c1-31-18-5-3-2-4-15(18)17-12-16(13-6-8-14(23)9-7-13)24-21-25-22(26-28(17)21)27-19(29)10-11-20(27)30/h2-9,16-17H,10-12H2,1H3,(H,24,25,26). The average molecular weight is 438 g/mol. The van der Waals surface area contributed by atoms with E-state index in [0.717, 1.165) is 21.8 Å². The number of imide groups is 1. The van der Waals surface area contributed by atoms with Crippen LogP contribution in [0.1, 0.15) is 42.5 Å². The molecule has 1 N–H and O–H groups in total. The maximum absolute atomic E-state index is 12.2. The van der Waals surface area contributed by atoms with Crippen molar-refractivity contribution in [1.82, 2.24) is 14.8 Å². The van der Waals surface area contributed by atoms with Gasteiger partial charge in [-0.15, -0.1) is 5.10 Å². The monoisotopic (exact) mass is 437 g/mol. The van der Waals surface area contributed by atoms with Crippen molar-refractivity contribution in [3.05, 3.63) is 64.7 Å². The molecule has 2 aliphatic heterocycles. The molecule has 0 bridgehead atoms. The number of carbonyl (C=O) groups excluding carboxylic acids is 2. The largest absolute Gasteiger partial charge is 0.496 e. The molecule has 1 saturated heterocycles. The van der Waals surface area contributed by atoms with E-state index in [9.17, 15) is 9.59 Å². The Kier molecular flexibility index (Phi) is 4.86. The summed E-state index contributed by atoms with van der Waals surface area (Å²) < 4.78 is 7.33. The Balaban J connectivity index is 1.60. The van der Waals surface area contributed by atoms with E-state index < -0.39 is 0 Å². The number of fused-ring (bicyclic) bond motifs is 1. The van der Waals surface area contributed by atoms with Crippen LogP contribution in [0.3, 0.4) is 0 Å². The average Bonchev–Trinajstić information content (AvgIpc) is 3.35. The summed E-state index contributed by atoms with van der Waals surface area (Å²) in [5.41, 5.74) is 2.00. The van der Waals surface area contributed by atoms with Crippen LogP contribution in [0.2, 0.25) is 5.02 Å². The molecule has 3 heterocycles. The summed E-state index contributed by atoms with van der Waals surface area (Å²) in [6.45, 7) is 0. The van der Waals surface area contributed by atoms with Gasteiger partial charge in [0.2, 0.25) is 17.8 Å². The highest BCUT2D eigenvalue weighted by atomic mass is 35.5. The summed E-state index contributed by atoms with van der Waals surface area (Å²) >= 11 is 6.07. The Morgan fingerprint density at radius 3 is 2.48 bits per heavy atom. The topological polar surface area (TPSA) is 89.3 Å². The van der Waals surface area contributed by atoms with Crippen molar-refractivity contribution >= 4 is 35.3 Å². The normalized spacial score (nSPS) is 20.5. The Bertz CT molecular complexity index is 1140. The lowest BCUT2D eigenvalue weighted by atomic mass is 9.93. The number of para-hydroxylation sites is 1. The number of anilines is 2. The SMILES string of the molecule is COc1ccccc1C1CC(c2ccc(Cl)cc2)Nc2nc(N3C(=O)CCC3=O)nn21. The zero-order valence-electron chi connectivity index (χ0n) is 16.8. The number of benzene rings is 2. The molecule has 0 aliphatic carbocycles. The Labute approximate surface area is 183 Å². The van der Waals surface area contributed by atoms with Crippen LogP contribution in [0.4, 0.5) is 11.9 Å².